The van der Waals surface area contributed by atoms with Gasteiger partial charge in [0.1, 0.15) is 23.6 Å². The molecule has 0 aliphatic carbocycles. The lowest BCUT2D eigenvalue weighted by Crippen LogP contribution is -2.32. The monoisotopic (exact) mass is 548 g/mol. The van der Waals surface area contributed by atoms with Gasteiger partial charge in [-0.2, -0.15) is 4.98 Å². The number of fused-ring (bicyclic) bond motifs is 3. The first-order valence-electron chi connectivity index (χ1n) is 11.9. The highest BCUT2D eigenvalue weighted by molar-refractivity contribution is 7.98. The van der Waals surface area contributed by atoms with Crippen LogP contribution in [-0.4, -0.2) is 42.3 Å². The van der Waals surface area contributed by atoms with Crippen LogP contribution >= 0.6 is 23.4 Å². The molecule has 0 radical (unpaired) electrons. The summed E-state index contributed by atoms with van der Waals surface area (Å²) in [6, 6.07) is 19.1. The van der Waals surface area contributed by atoms with Gasteiger partial charge in [0.25, 0.3) is 0 Å². The summed E-state index contributed by atoms with van der Waals surface area (Å²) in [5, 5.41) is 9.67. The standard InChI is InChI=1S/C28H25ClN4O4S/c1-34-18-9-5-15(6-10-18)25-23-24(30-27-31-28(38-4)32-33(25)27)19-14-17(29)8-12-20(19)37-26(23)16-7-11-21(35-2)22(13-16)36-3/h5-14,25-26H,1-4H3,(H,30,31,32)/t25-,26-/m1/s1. The van der Waals surface area contributed by atoms with E-state index < -0.39 is 6.10 Å². The quantitative estimate of drug-likeness (QED) is 0.284. The van der Waals surface area contributed by atoms with Gasteiger partial charge in [-0.05, 0) is 54.3 Å². The Bertz CT molecular complexity index is 1550. The minimum Gasteiger partial charge on any atom is -0.497 e. The SMILES string of the molecule is COc1ccc([C@@H]2C3=C(Nc4nc(SC)nn42)c2cc(Cl)ccc2O[C@@H]3c2ccc(OC)c(OC)c2)cc1. The molecule has 1 N–H and O–H groups in total. The molecule has 0 saturated carbocycles. The van der Waals surface area contributed by atoms with E-state index in [1.165, 1.54) is 11.8 Å². The highest BCUT2D eigenvalue weighted by Crippen LogP contribution is 2.52. The fourth-order valence-corrected chi connectivity index (χ4v) is 5.49. The van der Waals surface area contributed by atoms with Crippen molar-refractivity contribution in [1.82, 2.24) is 14.8 Å². The average Bonchev–Trinajstić information content (AvgIpc) is 3.38. The molecular weight excluding hydrogens is 524 g/mol. The molecule has 2 aliphatic rings. The van der Waals surface area contributed by atoms with Crippen molar-refractivity contribution >= 4 is 35.0 Å². The summed E-state index contributed by atoms with van der Waals surface area (Å²) in [5.41, 5.74) is 4.65. The van der Waals surface area contributed by atoms with Gasteiger partial charge in [0, 0.05) is 21.7 Å². The number of nitrogens with zero attached hydrogens (tertiary/aromatic N) is 3. The first kappa shape index (κ1) is 24.5. The number of halogens is 1. The fraction of sp³-hybridized carbons (Fsp3) is 0.214. The Morgan fingerprint density at radius 3 is 2.39 bits per heavy atom. The number of rotatable bonds is 6. The Kier molecular flexibility index (Phi) is 6.33. The lowest BCUT2D eigenvalue weighted by molar-refractivity contribution is 0.222. The number of hydrogen-bond acceptors (Lipinski definition) is 8. The largest absolute Gasteiger partial charge is 0.497 e. The van der Waals surface area contributed by atoms with Crippen molar-refractivity contribution in [3.05, 3.63) is 87.9 Å². The van der Waals surface area contributed by atoms with Crippen LogP contribution in [0.25, 0.3) is 5.70 Å². The number of thioether (sulfide) groups is 1. The molecule has 4 aromatic rings. The normalized spacial score (nSPS) is 17.5. The van der Waals surface area contributed by atoms with Gasteiger partial charge in [-0.3, -0.25) is 0 Å². The summed E-state index contributed by atoms with van der Waals surface area (Å²) >= 11 is 7.95. The van der Waals surface area contributed by atoms with Crippen molar-refractivity contribution in [3.63, 3.8) is 0 Å². The first-order valence-corrected chi connectivity index (χ1v) is 13.5. The topological polar surface area (TPSA) is 79.7 Å². The van der Waals surface area contributed by atoms with Crippen LogP contribution in [0.1, 0.15) is 28.8 Å². The van der Waals surface area contributed by atoms with Gasteiger partial charge in [0.15, 0.2) is 11.5 Å². The molecule has 0 amide bonds. The second-order valence-electron chi connectivity index (χ2n) is 8.75. The Morgan fingerprint density at radius 2 is 1.68 bits per heavy atom. The number of benzene rings is 3. The molecule has 0 saturated heterocycles. The van der Waals surface area contributed by atoms with Crippen LogP contribution in [0.2, 0.25) is 5.02 Å². The van der Waals surface area contributed by atoms with Crippen LogP contribution in [0.15, 0.2) is 71.4 Å². The van der Waals surface area contributed by atoms with Gasteiger partial charge in [0.05, 0.1) is 27.0 Å². The van der Waals surface area contributed by atoms with Gasteiger partial charge in [-0.15, -0.1) is 5.10 Å². The molecule has 10 heteroatoms. The maximum atomic E-state index is 6.72. The van der Waals surface area contributed by atoms with Crippen molar-refractivity contribution in [1.29, 1.82) is 0 Å². The van der Waals surface area contributed by atoms with Crippen molar-refractivity contribution < 1.29 is 18.9 Å². The van der Waals surface area contributed by atoms with Crippen molar-refractivity contribution in [2.24, 2.45) is 0 Å². The van der Waals surface area contributed by atoms with Gasteiger partial charge in [-0.1, -0.05) is 41.6 Å². The highest BCUT2D eigenvalue weighted by atomic mass is 35.5. The number of methoxy groups -OCH3 is 3. The minimum atomic E-state index is -0.465. The molecular formula is C28H25ClN4O4S. The third kappa shape index (κ3) is 4.02. The van der Waals surface area contributed by atoms with E-state index in [1.807, 2.05) is 71.6 Å². The average molecular weight is 549 g/mol. The maximum absolute atomic E-state index is 6.72. The summed E-state index contributed by atoms with van der Waals surface area (Å²) in [6.07, 6.45) is 1.50. The van der Waals surface area contributed by atoms with E-state index >= 15 is 0 Å². The summed E-state index contributed by atoms with van der Waals surface area (Å²) in [5.74, 6) is 3.40. The van der Waals surface area contributed by atoms with Crippen LogP contribution < -0.4 is 24.3 Å². The second-order valence-corrected chi connectivity index (χ2v) is 9.96. The van der Waals surface area contributed by atoms with Crippen LogP contribution in [0.5, 0.6) is 23.0 Å². The molecule has 0 bridgehead atoms. The smallest absolute Gasteiger partial charge is 0.227 e. The predicted octanol–water partition coefficient (Wildman–Crippen LogP) is 6.24. The number of nitrogens with one attached hydrogen (secondary N) is 1. The summed E-state index contributed by atoms with van der Waals surface area (Å²) < 4.78 is 25.2. The van der Waals surface area contributed by atoms with E-state index in [0.29, 0.717) is 33.4 Å². The van der Waals surface area contributed by atoms with Crippen molar-refractivity contribution in [3.8, 4) is 23.0 Å². The predicted molar refractivity (Wildman–Crippen MR) is 148 cm³/mol. The van der Waals surface area contributed by atoms with Gasteiger partial charge in [0.2, 0.25) is 11.1 Å². The Balaban J connectivity index is 1.61. The number of ether oxygens (including phenoxy) is 4. The lowest BCUT2D eigenvalue weighted by Gasteiger charge is -2.39. The third-order valence-electron chi connectivity index (χ3n) is 6.74. The van der Waals surface area contributed by atoms with Crippen molar-refractivity contribution in [2.45, 2.75) is 17.3 Å². The highest BCUT2D eigenvalue weighted by Gasteiger charge is 2.41. The molecule has 0 fully saturated rings. The van der Waals surface area contributed by atoms with Gasteiger partial charge in [-0.25, -0.2) is 4.68 Å². The van der Waals surface area contributed by atoms with Crippen molar-refractivity contribution in [2.75, 3.05) is 32.9 Å². The van der Waals surface area contributed by atoms with Crippen LogP contribution in [0, 0.1) is 0 Å². The van der Waals surface area contributed by atoms with Crippen LogP contribution in [0.4, 0.5) is 5.95 Å². The molecule has 2 aliphatic heterocycles. The van der Waals surface area contributed by atoms with Crippen LogP contribution in [0.3, 0.4) is 0 Å². The van der Waals surface area contributed by atoms with E-state index in [2.05, 4.69) is 5.32 Å². The van der Waals surface area contributed by atoms with Gasteiger partial charge >= 0.3 is 0 Å². The number of anilines is 1. The molecule has 3 aromatic carbocycles. The van der Waals surface area contributed by atoms with Gasteiger partial charge < -0.3 is 24.3 Å². The fourth-order valence-electron chi connectivity index (χ4n) is 4.97. The summed E-state index contributed by atoms with van der Waals surface area (Å²) in [4.78, 5) is 4.75. The zero-order valence-electron chi connectivity index (χ0n) is 21.2. The molecule has 38 heavy (non-hydrogen) atoms. The summed E-state index contributed by atoms with van der Waals surface area (Å²) in [7, 11) is 4.90. The van der Waals surface area contributed by atoms with E-state index in [1.54, 1.807) is 21.3 Å². The maximum Gasteiger partial charge on any atom is 0.227 e. The molecule has 0 spiro atoms. The molecule has 1 aromatic heterocycles. The van der Waals surface area contributed by atoms with E-state index in [4.69, 9.17) is 40.6 Å². The second kappa shape index (κ2) is 9.81. The Labute approximate surface area is 229 Å². The van der Waals surface area contributed by atoms with Crippen LogP contribution in [-0.2, 0) is 0 Å². The lowest BCUT2D eigenvalue weighted by atomic mass is 9.84. The number of hydrogen-bond donors (Lipinski definition) is 1. The zero-order chi connectivity index (χ0) is 26.4. The first-order chi connectivity index (χ1) is 18.5. The van der Waals surface area contributed by atoms with E-state index in [9.17, 15) is 0 Å². The number of aromatic nitrogens is 3. The van der Waals surface area contributed by atoms with E-state index in [0.717, 1.165) is 33.7 Å². The van der Waals surface area contributed by atoms with E-state index in [-0.39, 0.29) is 6.04 Å². The molecule has 0 unspecified atom stereocenters. The summed E-state index contributed by atoms with van der Waals surface area (Å²) in [6.45, 7) is 0. The third-order valence-corrected chi connectivity index (χ3v) is 7.51. The molecule has 6 rings (SSSR count). The molecule has 2 atom stereocenters. The Morgan fingerprint density at radius 1 is 0.921 bits per heavy atom. The zero-order valence-corrected chi connectivity index (χ0v) is 22.8. The molecule has 8 nitrogen and oxygen atoms in total. The minimum absolute atomic E-state index is 0.314. The molecule has 194 valence electrons. The molecule has 3 heterocycles. The Hall–Kier alpha value is -3.82.